The van der Waals surface area contributed by atoms with Crippen LogP contribution in [0.1, 0.15) is 62.6 Å². The lowest BCUT2D eigenvalue weighted by Crippen LogP contribution is -2.58. The highest BCUT2D eigenvalue weighted by atomic mass is 35.5. The number of carbonyl (C=O) groups excluding carboxylic acids is 1. The first-order valence-electron chi connectivity index (χ1n) is 11.9. The van der Waals surface area contributed by atoms with Gasteiger partial charge in [-0.25, -0.2) is 12.7 Å². The number of nitrogens with zero attached hydrogens (tertiary/aromatic N) is 2. The molecule has 2 aromatic rings. The molecule has 1 N–H and O–H groups in total. The first-order chi connectivity index (χ1) is 16.5. The number of rotatable bonds is 8. The number of aliphatic hydroxyl groups excluding tert-OH is 1. The molecule has 2 aliphatic rings. The van der Waals surface area contributed by atoms with Gasteiger partial charge in [-0.2, -0.15) is 0 Å². The number of halogens is 2. The van der Waals surface area contributed by atoms with Crippen LogP contribution >= 0.6 is 23.2 Å². The monoisotopic (exact) mass is 538 g/mol. The molecule has 0 radical (unpaired) electrons. The van der Waals surface area contributed by atoms with Crippen molar-refractivity contribution < 1.29 is 18.3 Å². The Hall–Kier alpha value is -1.64. The van der Waals surface area contributed by atoms with Gasteiger partial charge in [0.05, 0.1) is 17.8 Å². The molecule has 0 aromatic heterocycles. The van der Waals surface area contributed by atoms with E-state index in [0.29, 0.717) is 35.7 Å². The minimum atomic E-state index is -3.51. The molecule has 1 unspecified atom stereocenters. The van der Waals surface area contributed by atoms with Gasteiger partial charge in [-0.3, -0.25) is 4.79 Å². The molecule has 1 aliphatic heterocycles. The molecule has 1 amide bonds. The average molecular weight is 540 g/mol. The van der Waals surface area contributed by atoms with Gasteiger partial charge in [0, 0.05) is 28.4 Å². The maximum atomic E-state index is 13.9. The molecule has 0 bridgehead atoms. The van der Waals surface area contributed by atoms with E-state index in [1.54, 1.807) is 18.2 Å². The molecule has 4 atom stereocenters. The fourth-order valence-corrected chi connectivity index (χ4v) is 6.97. The standard InChI is InChI=1S/C26H32Cl2N2O4S/c1-4-26(2)15-22(18-6-5-7-20(28)14-18)24(17-8-10-19(27)11-9-17)30(25(26)32)23(31)16-29(3)35(33,34)21-12-13-21/h5-11,14,21-24,31H,4,12-13,15-16H2,1-3H3/t22-,23-,24-,26?/m1/s1. The fourth-order valence-electron chi connectivity index (χ4n) is 5.06. The van der Waals surface area contributed by atoms with Crippen molar-refractivity contribution in [2.45, 2.75) is 63.0 Å². The molecule has 1 heterocycles. The molecule has 2 fully saturated rings. The van der Waals surface area contributed by atoms with E-state index in [1.165, 1.54) is 16.3 Å². The minimum Gasteiger partial charge on any atom is -0.372 e. The Bertz CT molecular complexity index is 1190. The molecule has 9 heteroatoms. The molecule has 35 heavy (non-hydrogen) atoms. The molecule has 1 aliphatic carbocycles. The summed E-state index contributed by atoms with van der Waals surface area (Å²) in [6.07, 6.45) is 1.08. The summed E-state index contributed by atoms with van der Waals surface area (Å²) >= 11 is 12.5. The Balaban J connectivity index is 1.80. The van der Waals surface area contributed by atoms with Crippen molar-refractivity contribution in [3.8, 4) is 0 Å². The molecular weight excluding hydrogens is 507 g/mol. The number of carbonyl (C=O) groups is 1. The van der Waals surface area contributed by atoms with Gasteiger partial charge in [-0.1, -0.05) is 61.3 Å². The molecule has 1 saturated heterocycles. The van der Waals surface area contributed by atoms with E-state index in [2.05, 4.69) is 0 Å². The largest absolute Gasteiger partial charge is 0.372 e. The van der Waals surface area contributed by atoms with Crippen LogP contribution in [0.2, 0.25) is 10.0 Å². The average Bonchev–Trinajstić information content (AvgIpc) is 3.67. The number of hydrogen-bond acceptors (Lipinski definition) is 4. The van der Waals surface area contributed by atoms with E-state index in [0.717, 1.165) is 11.1 Å². The maximum absolute atomic E-state index is 13.9. The Morgan fingerprint density at radius 2 is 1.77 bits per heavy atom. The SMILES string of the molecule is CCC1(C)C[C@H](c2cccc(Cl)c2)[C@@H](c2ccc(Cl)cc2)N([C@H](O)CN(C)S(=O)(=O)C2CC2)C1=O. The summed E-state index contributed by atoms with van der Waals surface area (Å²) < 4.78 is 26.7. The van der Waals surface area contributed by atoms with E-state index < -0.39 is 33.0 Å². The van der Waals surface area contributed by atoms with Crippen molar-refractivity contribution in [1.82, 2.24) is 9.21 Å². The number of sulfonamides is 1. The van der Waals surface area contributed by atoms with Gasteiger partial charge in [0.1, 0.15) is 6.23 Å². The number of benzene rings is 2. The fraction of sp³-hybridized carbons (Fsp3) is 0.500. The van der Waals surface area contributed by atoms with E-state index >= 15 is 0 Å². The molecule has 2 aromatic carbocycles. The van der Waals surface area contributed by atoms with Crippen molar-refractivity contribution in [2.75, 3.05) is 13.6 Å². The van der Waals surface area contributed by atoms with E-state index in [1.807, 2.05) is 44.2 Å². The second-order valence-electron chi connectivity index (χ2n) is 9.99. The number of hydrogen-bond donors (Lipinski definition) is 1. The quantitative estimate of drug-likeness (QED) is 0.500. The van der Waals surface area contributed by atoms with Crippen molar-refractivity contribution in [1.29, 1.82) is 0 Å². The van der Waals surface area contributed by atoms with E-state index in [9.17, 15) is 18.3 Å². The number of amides is 1. The van der Waals surface area contributed by atoms with Gasteiger partial charge in [-0.15, -0.1) is 0 Å². The van der Waals surface area contributed by atoms with Gasteiger partial charge in [0.2, 0.25) is 15.9 Å². The van der Waals surface area contributed by atoms with Crippen LogP contribution in [0.25, 0.3) is 0 Å². The zero-order valence-electron chi connectivity index (χ0n) is 20.2. The van der Waals surface area contributed by atoms with Crippen LogP contribution in [-0.4, -0.2) is 53.7 Å². The Morgan fingerprint density at radius 1 is 1.11 bits per heavy atom. The Morgan fingerprint density at radius 3 is 2.34 bits per heavy atom. The number of aliphatic hydroxyl groups is 1. The summed E-state index contributed by atoms with van der Waals surface area (Å²) in [6, 6.07) is 14.3. The predicted octanol–water partition coefficient (Wildman–Crippen LogP) is 5.21. The van der Waals surface area contributed by atoms with Crippen molar-refractivity contribution in [2.24, 2.45) is 5.41 Å². The third-order valence-electron chi connectivity index (χ3n) is 7.49. The lowest BCUT2D eigenvalue weighted by atomic mass is 9.67. The Kier molecular flexibility index (Phi) is 7.56. The number of likely N-dealkylation sites (N-methyl/N-ethyl adjacent to an activating group) is 1. The molecular formula is C26H32Cl2N2O4S. The van der Waals surface area contributed by atoms with Crippen LogP contribution in [0.5, 0.6) is 0 Å². The topological polar surface area (TPSA) is 77.9 Å². The molecule has 1 saturated carbocycles. The summed E-state index contributed by atoms with van der Waals surface area (Å²) in [5.41, 5.74) is 1.04. The lowest BCUT2D eigenvalue weighted by Gasteiger charge is -2.51. The van der Waals surface area contributed by atoms with Crippen LogP contribution in [0.4, 0.5) is 0 Å². The van der Waals surface area contributed by atoms with Crippen molar-refractivity contribution >= 4 is 39.1 Å². The second-order valence-corrected chi connectivity index (χ2v) is 13.2. The van der Waals surface area contributed by atoms with Crippen LogP contribution < -0.4 is 0 Å². The van der Waals surface area contributed by atoms with E-state index in [-0.39, 0.29) is 18.4 Å². The Labute approximate surface area is 217 Å². The van der Waals surface area contributed by atoms with Gasteiger partial charge in [-0.05, 0) is 61.1 Å². The molecule has 190 valence electrons. The van der Waals surface area contributed by atoms with Crippen molar-refractivity contribution in [3.05, 3.63) is 69.7 Å². The highest BCUT2D eigenvalue weighted by molar-refractivity contribution is 7.90. The third kappa shape index (κ3) is 5.25. The summed E-state index contributed by atoms with van der Waals surface area (Å²) in [4.78, 5) is 15.4. The van der Waals surface area contributed by atoms with Gasteiger partial charge < -0.3 is 10.0 Å². The summed E-state index contributed by atoms with van der Waals surface area (Å²) in [5.74, 6) is -0.361. The zero-order chi connectivity index (χ0) is 25.5. The van der Waals surface area contributed by atoms with Crippen LogP contribution in [0, 0.1) is 5.41 Å². The van der Waals surface area contributed by atoms with Gasteiger partial charge >= 0.3 is 0 Å². The molecule has 4 rings (SSSR count). The van der Waals surface area contributed by atoms with Gasteiger partial charge in [0.15, 0.2) is 0 Å². The molecule has 0 spiro atoms. The highest BCUT2D eigenvalue weighted by Crippen LogP contribution is 2.51. The number of likely N-dealkylation sites (tertiary alicyclic amines) is 1. The molecule has 6 nitrogen and oxygen atoms in total. The highest BCUT2D eigenvalue weighted by Gasteiger charge is 2.51. The normalized spacial score (nSPS) is 26.3. The summed E-state index contributed by atoms with van der Waals surface area (Å²) in [6.45, 7) is 3.68. The predicted molar refractivity (Wildman–Crippen MR) is 139 cm³/mol. The summed E-state index contributed by atoms with van der Waals surface area (Å²) in [7, 11) is -2.04. The first-order valence-corrected chi connectivity index (χ1v) is 14.2. The second kappa shape index (κ2) is 10.0. The zero-order valence-corrected chi connectivity index (χ0v) is 22.5. The third-order valence-corrected chi connectivity index (χ3v) is 10.3. The first kappa shape index (κ1) is 26.4. The maximum Gasteiger partial charge on any atom is 0.231 e. The van der Waals surface area contributed by atoms with E-state index in [4.69, 9.17) is 23.2 Å². The number of piperidine rings is 1. The minimum absolute atomic E-state index is 0.169. The smallest absolute Gasteiger partial charge is 0.231 e. The van der Waals surface area contributed by atoms with Crippen LogP contribution in [-0.2, 0) is 14.8 Å². The van der Waals surface area contributed by atoms with Crippen LogP contribution in [0.3, 0.4) is 0 Å². The summed E-state index contributed by atoms with van der Waals surface area (Å²) in [5, 5.41) is 12.2. The lowest BCUT2D eigenvalue weighted by molar-refractivity contribution is -0.167. The van der Waals surface area contributed by atoms with Crippen LogP contribution in [0.15, 0.2) is 48.5 Å². The van der Waals surface area contributed by atoms with Crippen molar-refractivity contribution in [3.63, 3.8) is 0 Å². The van der Waals surface area contributed by atoms with Gasteiger partial charge in [0.25, 0.3) is 0 Å².